The summed E-state index contributed by atoms with van der Waals surface area (Å²) in [5.41, 5.74) is 7.25. The van der Waals surface area contributed by atoms with Crippen LogP contribution in [0.2, 0.25) is 0 Å². The molecule has 0 bridgehead atoms. The number of fused-ring (bicyclic) bond motifs is 1. The highest BCUT2D eigenvalue weighted by Gasteiger charge is 2.07. The zero-order valence-corrected chi connectivity index (χ0v) is 9.55. The van der Waals surface area contributed by atoms with E-state index in [1.807, 2.05) is 13.8 Å². The Bertz CT molecular complexity index is 555. The Balaban J connectivity index is 2.48. The van der Waals surface area contributed by atoms with Gasteiger partial charge >= 0.3 is 0 Å². The van der Waals surface area contributed by atoms with Gasteiger partial charge in [0.15, 0.2) is 0 Å². The molecule has 0 radical (unpaired) electrons. The van der Waals surface area contributed by atoms with Crippen molar-refractivity contribution in [3.05, 3.63) is 34.5 Å². The molecule has 0 aliphatic rings. The summed E-state index contributed by atoms with van der Waals surface area (Å²) in [6.07, 6.45) is 4.37. The van der Waals surface area contributed by atoms with E-state index in [1.165, 1.54) is 0 Å². The van der Waals surface area contributed by atoms with Crippen LogP contribution < -0.4 is 11.3 Å². The van der Waals surface area contributed by atoms with Gasteiger partial charge < -0.3 is 10.3 Å². The van der Waals surface area contributed by atoms with Crippen LogP contribution in [-0.2, 0) is 6.54 Å². The smallest absolute Gasteiger partial charge is 0.276 e. The minimum absolute atomic E-state index is 0.0177. The Morgan fingerprint density at radius 1 is 1.50 bits per heavy atom. The van der Waals surface area contributed by atoms with Crippen molar-refractivity contribution in [3.63, 3.8) is 0 Å². The summed E-state index contributed by atoms with van der Waals surface area (Å²) in [7, 11) is 0. The lowest BCUT2D eigenvalue weighted by atomic mass is 10.2. The quantitative estimate of drug-likeness (QED) is 0.821. The SMILES string of the molecule is CCC(N)Cn1ccn2nc(C)cc2c1=O. The van der Waals surface area contributed by atoms with Gasteiger partial charge in [-0.2, -0.15) is 5.10 Å². The number of aromatic nitrogens is 3. The molecule has 0 amide bonds. The molecule has 1 atom stereocenters. The van der Waals surface area contributed by atoms with Crippen LogP contribution in [0.1, 0.15) is 19.0 Å². The van der Waals surface area contributed by atoms with Crippen LogP contribution in [0.5, 0.6) is 0 Å². The molecule has 2 rings (SSSR count). The van der Waals surface area contributed by atoms with Gasteiger partial charge in [0.05, 0.1) is 5.69 Å². The summed E-state index contributed by atoms with van der Waals surface area (Å²) in [5.74, 6) is 0. The number of hydrogen-bond donors (Lipinski definition) is 1. The van der Waals surface area contributed by atoms with Crippen LogP contribution in [0.15, 0.2) is 23.3 Å². The maximum Gasteiger partial charge on any atom is 0.276 e. The van der Waals surface area contributed by atoms with Crippen molar-refractivity contribution < 1.29 is 0 Å². The maximum atomic E-state index is 12.0. The average molecular weight is 220 g/mol. The first-order valence-electron chi connectivity index (χ1n) is 5.43. The second-order valence-corrected chi connectivity index (χ2v) is 4.04. The molecule has 0 spiro atoms. The number of hydrogen-bond acceptors (Lipinski definition) is 3. The van der Waals surface area contributed by atoms with Gasteiger partial charge in [0.1, 0.15) is 5.52 Å². The number of nitrogens with two attached hydrogens (primary N) is 1. The van der Waals surface area contributed by atoms with Crippen LogP contribution in [-0.4, -0.2) is 20.2 Å². The summed E-state index contributed by atoms with van der Waals surface area (Å²) >= 11 is 0. The van der Waals surface area contributed by atoms with E-state index in [4.69, 9.17) is 5.73 Å². The second-order valence-electron chi connectivity index (χ2n) is 4.04. The van der Waals surface area contributed by atoms with Crippen LogP contribution in [0, 0.1) is 6.92 Å². The van der Waals surface area contributed by atoms with E-state index in [0.29, 0.717) is 12.1 Å². The standard InChI is InChI=1S/C11H16N4O/c1-3-9(12)7-14-4-5-15-10(11(14)16)6-8(2)13-15/h4-6,9H,3,7,12H2,1-2H3. The van der Waals surface area contributed by atoms with Crippen LogP contribution in [0.4, 0.5) is 0 Å². The van der Waals surface area contributed by atoms with Crippen molar-refractivity contribution in [2.24, 2.45) is 5.73 Å². The van der Waals surface area contributed by atoms with Gasteiger partial charge in [-0.05, 0) is 19.4 Å². The fraction of sp³-hybridized carbons (Fsp3) is 0.455. The van der Waals surface area contributed by atoms with Crippen molar-refractivity contribution in [2.75, 3.05) is 0 Å². The molecule has 2 aromatic rings. The van der Waals surface area contributed by atoms with Gasteiger partial charge in [-0.1, -0.05) is 6.92 Å². The second kappa shape index (κ2) is 4.09. The zero-order chi connectivity index (χ0) is 11.7. The van der Waals surface area contributed by atoms with Gasteiger partial charge in [-0.25, -0.2) is 4.52 Å². The number of rotatable bonds is 3. The van der Waals surface area contributed by atoms with Crippen LogP contribution >= 0.6 is 0 Å². The Morgan fingerprint density at radius 2 is 2.25 bits per heavy atom. The van der Waals surface area contributed by atoms with Crippen LogP contribution in [0.3, 0.4) is 0 Å². The van der Waals surface area contributed by atoms with Gasteiger partial charge in [-0.3, -0.25) is 4.79 Å². The van der Waals surface area contributed by atoms with Gasteiger partial charge in [0, 0.05) is 25.0 Å². The van der Waals surface area contributed by atoms with E-state index in [9.17, 15) is 4.79 Å². The van der Waals surface area contributed by atoms with Crippen molar-refractivity contribution >= 4 is 5.52 Å². The lowest BCUT2D eigenvalue weighted by Gasteiger charge is -2.10. The molecule has 0 saturated carbocycles. The normalized spacial score (nSPS) is 13.2. The minimum atomic E-state index is -0.0352. The van der Waals surface area contributed by atoms with E-state index in [1.54, 1.807) is 27.5 Å². The fourth-order valence-corrected chi connectivity index (χ4v) is 1.67. The average Bonchev–Trinajstić information content (AvgIpc) is 2.64. The first kappa shape index (κ1) is 10.9. The third-order valence-electron chi connectivity index (χ3n) is 2.68. The van der Waals surface area contributed by atoms with Crippen molar-refractivity contribution in [2.45, 2.75) is 32.9 Å². The molecule has 16 heavy (non-hydrogen) atoms. The lowest BCUT2D eigenvalue weighted by molar-refractivity contribution is 0.526. The molecule has 86 valence electrons. The molecule has 2 aromatic heterocycles. The van der Waals surface area contributed by atoms with Crippen molar-refractivity contribution in [1.29, 1.82) is 0 Å². The molecule has 0 aliphatic carbocycles. The minimum Gasteiger partial charge on any atom is -0.326 e. The summed E-state index contributed by atoms with van der Waals surface area (Å²) in [5, 5.41) is 4.19. The summed E-state index contributed by atoms with van der Waals surface area (Å²) in [6, 6.07) is 1.81. The molecule has 5 heteroatoms. The van der Waals surface area contributed by atoms with Crippen molar-refractivity contribution in [1.82, 2.24) is 14.2 Å². The monoisotopic (exact) mass is 220 g/mol. The first-order chi connectivity index (χ1) is 7.61. The molecule has 0 aliphatic heterocycles. The van der Waals surface area contributed by atoms with Crippen LogP contribution in [0.25, 0.3) is 5.52 Å². The Labute approximate surface area is 93.5 Å². The summed E-state index contributed by atoms with van der Waals surface area (Å²) in [4.78, 5) is 12.0. The topological polar surface area (TPSA) is 65.3 Å². The highest BCUT2D eigenvalue weighted by atomic mass is 16.1. The third-order valence-corrected chi connectivity index (χ3v) is 2.68. The third kappa shape index (κ3) is 1.86. The van der Waals surface area contributed by atoms with Crippen molar-refractivity contribution in [3.8, 4) is 0 Å². The highest BCUT2D eigenvalue weighted by Crippen LogP contribution is 2.00. The van der Waals surface area contributed by atoms with E-state index in [0.717, 1.165) is 12.1 Å². The Hall–Kier alpha value is -1.62. The zero-order valence-electron chi connectivity index (χ0n) is 9.55. The van der Waals surface area contributed by atoms with Gasteiger partial charge in [0.25, 0.3) is 5.56 Å². The highest BCUT2D eigenvalue weighted by molar-refractivity contribution is 5.44. The van der Waals surface area contributed by atoms with E-state index in [-0.39, 0.29) is 11.6 Å². The van der Waals surface area contributed by atoms with Gasteiger partial charge in [0.2, 0.25) is 0 Å². The molecule has 2 N–H and O–H groups in total. The molecule has 5 nitrogen and oxygen atoms in total. The molecule has 1 unspecified atom stereocenters. The molecule has 2 heterocycles. The maximum absolute atomic E-state index is 12.0. The van der Waals surface area contributed by atoms with E-state index in [2.05, 4.69) is 5.10 Å². The largest absolute Gasteiger partial charge is 0.326 e. The summed E-state index contributed by atoms with van der Waals surface area (Å²) < 4.78 is 3.25. The number of aryl methyl sites for hydroxylation is 1. The van der Waals surface area contributed by atoms with E-state index >= 15 is 0 Å². The first-order valence-corrected chi connectivity index (χ1v) is 5.43. The molecular formula is C11H16N4O. The molecule has 0 aromatic carbocycles. The lowest BCUT2D eigenvalue weighted by Crippen LogP contribution is -2.31. The molecule has 0 fully saturated rings. The molecular weight excluding hydrogens is 204 g/mol. The predicted molar refractivity (Wildman–Crippen MR) is 62.5 cm³/mol. The molecule has 0 saturated heterocycles. The number of nitrogens with zero attached hydrogens (tertiary/aromatic N) is 3. The predicted octanol–water partition coefficient (Wildman–Crippen LogP) is 0.542. The Morgan fingerprint density at radius 3 is 2.94 bits per heavy atom. The fourth-order valence-electron chi connectivity index (χ4n) is 1.67. The van der Waals surface area contributed by atoms with E-state index < -0.39 is 0 Å². The Kier molecular flexibility index (Phi) is 2.78. The van der Waals surface area contributed by atoms with Gasteiger partial charge in [-0.15, -0.1) is 0 Å². The summed E-state index contributed by atoms with van der Waals surface area (Å²) in [6.45, 7) is 4.43.